The second-order valence-electron chi connectivity index (χ2n) is 1.97. The van der Waals surface area contributed by atoms with Gasteiger partial charge in [0.15, 0.2) is 5.03 Å². The van der Waals surface area contributed by atoms with E-state index in [1.807, 2.05) is 0 Å². The molecule has 0 atom stereocenters. The molecule has 0 radical (unpaired) electrons. The van der Waals surface area contributed by atoms with Crippen LogP contribution in [0.5, 0.6) is 0 Å². The van der Waals surface area contributed by atoms with Crippen molar-refractivity contribution in [2.45, 2.75) is 0 Å². The normalized spacial score (nSPS) is 9.50. The number of hydrazine groups is 1. The molecule has 4 nitrogen and oxygen atoms in total. The van der Waals surface area contributed by atoms with Crippen molar-refractivity contribution in [3.63, 3.8) is 0 Å². The highest BCUT2D eigenvalue weighted by Crippen LogP contribution is 2.30. The molecular formula is C6H4Br2N2O2. The predicted octanol–water partition coefficient (Wildman–Crippen LogP) is 2.82. The first-order valence-electron chi connectivity index (χ1n) is 2.96. The molecule has 0 fully saturated rings. The van der Waals surface area contributed by atoms with Crippen molar-refractivity contribution in [3.8, 4) is 0 Å². The van der Waals surface area contributed by atoms with E-state index in [1.54, 1.807) is 18.2 Å². The zero-order chi connectivity index (χ0) is 9.14. The van der Waals surface area contributed by atoms with Crippen LogP contribution in [0.4, 0.5) is 5.69 Å². The number of nitro groups is 1. The van der Waals surface area contributed by atoms with Crippen LogP contribution < -0.4 is 5.43 Å². The minimum Gasteiger partial charge on any atom is -0.235 e. The first-order chi connectivity index (χ1) is 5.61. The molecule has 1 aromatic carbocycles. The van der Waals surface area contributed by atoms with Crippen molar-refractivity contribution in [2.24, 2.45) is 0 Å². The summed E-state index contributed by atoms with van der Waals surface area (Å²) in [6, 6.07) is 5.10. The number of benzene rings is 1. The summed E-state index contributed by atoms with van der Waals surface area (Å²) < 4.78 is 1.41. The quantitative estimate of drug-likeness (QED) is 0.674. The molecule has 0 bridgehead atoms. The Morgan fingerprint density at radius 3 is 2.67 bits per heavy atom. The van der Waals surface area contributed by atoms with E-state index >= 15 is 0 Å². The smallest absolute Gasteiger partial charge is 0.162 e. The van der Waals surface area contributed by atoms with E-state index in [4.69, 9.17) is 0 Å². The molecule has 64 valence electrons. The van der Waals surface area contributed by atoms with Crippen LogP contribution in [-0.4, -0.2) is 5.03 Å². The molecule has 0 aliphatic carbocycles. The minimum atomic E-state index is -0.605. The van der Waals surface area contributed by atoms with Crippen molar-refractivity contribution in [1.29, 1.82) is 0 Å². The van der Waals surface area contributed by atoms with Crippen LogP contribution >= 0.6 is 31.9 Å². The van der Waals surface area contributed by atoms with E-state index in [0.717, 1.165) is 4.47 Å². The maximum absolute atomic E-state index is 10.1. The number of hydrogen-bond donors (Lipinski definition) is 1. The third kappa shape index (κ3) is 2.18. The van der Waals surface area contributed by atoms with Crippen molar-refractivity contribution in [2.75, 3.05) is 5.43 Å². The average molecular weight is 296 g/mol. The molecule has 0 saturated heterocycles. The maximum atomic E-state index is 10.1. The molecule has 0 aliphatic heterocycles. The third-order valence-corrected chi connectivity index (χ3v) is 3.21. The fraction of sp³-hybridized carbons (Fsp3) is 0. The van der Waals surface area contributed by atoms with E-state index in [9.17, 15) is 10.1 Å². The van der Waals surface area contributed by atoms with Gasteiger partial charge in [-0.15, -0.1) is 5.43 Å². The van der Waals surface area contributed by atoms with Crippen LogP contribution in [0.2, 0.25) is 0 Å². The topological polar surface area (TPSA) is 55.2 Å². The average Bonchev–Trinajstić information content (AvgIpc) is 1.98. The Bertz CT molecular complexity index is 316. The van der Waals surface area contributed by atoms with Gasteiger partial charge in [0.25, 0.3) is 0 Å². The van der Waals surface area contributed by atoms with Gasteiger partial charge in [-0.3, -0.25) is 0 Å². The molecule has 0 saturated carbocycles. The zero-order valence-corrected chi connectivity index (χ0v) is 8.92. The lowest BCUT2D eigenvalue weighted by Crippen LogP contribution is -2.08. The number of halogens is 2. The molecular weight excluding hydrogens is 292 g/mol. The van der Waals surface area contributed by atoms with Crippen LogP contribution in [0.15, 0.2) is 27.1 Å². The summed E-state index contributed by atoms with van der Waals surface area (Å²) >= 11 is 6.42. The minimum absolute atomic E-state index is 0.425. The van der Waals surface area contributed by atoms with Crippen molar-refractivity contribution in [3.05, 3.63) is 37.3 Å². The lowest BCUT2D eigenvalue weighted by Gasteiger charge is -2.01. The SMILES string of the molecule is O=[N+]([O-])Nc1cccc(Br)c1Br. The van der Waals surface area contributed by atoms with Gasteiger partial charge < -0.3 is 0 Å². The zero-order valence-electron chi connectivity index (χ0n) is 5.75. The summed E-state index contributed by atoms with van der Waals surface area (Å²) in [6.45, 7) is 0. The van der Waals surface area contributed by atoms with E-state index in [1.165, 1.54) is 0 Å². The highest BCUT2D eigenvalue weighted by Gasteiger charge is 2.06. The highest BCUT2D eigenvalue weighted by molar-refractivity contribution is 9.13. The van der Waals surface area contributed by atoms with Gasteiger partial charge >= 0.3 is 0 Å². The molecule has 12 heavy (non-hydrogen) atoms. The Hall–Kier alpha value is -0.620. The lowest BCUT2D eigenvalue weighted by atomic mass is 10.3. The molecule has 0 aromatic heterocycles. The van der Waals surface area contributed by atoms with Crippen molar-refractivity contribution in [1.82, 2.24) is 0 Å². The Labute approximate surface area is 85.3 Å². The van der Waals surface area contributed by atoms with Gasteiger partial charge in [-0.25, -0.2) is 10.1 Å². The number of nitrogens with one attached hydrogen (secondary N) is 1. The molecule has 1 rings (SSSR count). The van der Waals surface area contributed by atoms with Gasteiger partial charge in [0.1, 0.15) is 5.69 Å². The molecule has 0 aliphatic rings. The Morgan fingerprint density at radius 2 is 2.08 bits per heavy atom. The second-order valence-corrected chi connectivity index (χ2v) is 3.62. The fourth-order valence-corrected chi connectivity index (χ4v) is 1.41. The second kappa shape index (κ2) is 3.86. The van der Waals surface area contributed by atoms with Gasteiger partial charge in [0.2, 0.25) is 0 Å². The molecule has 0 heterocycles. The molecule has 0 unspecified atom stereocenters. The summed E-state index contributed by atoms with van der Waals surface area (Å²) in [4.78, 5) is 10.1. The van der Waals surface area contributed by atoms with E-state index in [0.29, 0.717) is 10.2 Å². The first-order valence-corrected chi connectivity index (χ1v) is 4.55. The van der Waals surface area contributed by atoms with Gasteiger partial charge in [-0.05, 0) is 44.0 Å². The summed E-state index contributed by atoms with van der Waals surface area (Å²) in [5, 5.41) is 9.49. The summed E-state index contributed by atoms with van der Waals surface area (Å²) in [6.07, 6.45) is 0. The number of nitrogens with zero attached hydrogens (tertiary/aromatic N) is 1. The summed E-state index contributed by atoms with van der Waals surface area (Å²) in [7, 11) is 0. The largest absolute Gasteiger partial charge is 0.235 e. The van der Waals surface area contributed by atoms with Gasteiger partial charge in [0.05, 0.1) is 4.47 Å². The van der Waals surface area contributed by atoms with Crippen LogP contribution in [0.3, 0.4) is 0 Å². The third-order valence-electron chi connectivity index (χ3n) is 1.16. The van der Waals surface area contributed by atoms with E-state index in [-0.39, 0.29) is 0 Å². The van der Waals surface area contributed by atoms with Crippen molar-refractivity contribution >= 4 is 37.5 Å². The number of hydrogen-bond acceptors (Lipinski definition) is 2. The maximum Gasteiger partial charge on any atom is 0.162 e. The molecule has 0 spiro atoms. The van der Waals surface area contributed by atoms with Crippen LogP contribution in [-0.2, 0) is 0 Å². The van der Waals surface area contributed by atoms with E-state index in [2.05, 4.69) is 37.3 Å². The van der Waals surface area contributed by atoms with E-state index < -0.39 is 5.03 Å². The molecule has 1 aromatic rings. The Kier molecular flexibility index (Phi) is 3.05. The van der Waals surface area contributed by atoms with Gasteiger partial charge in [-0.1, -0.05) is 6.07 Å². The summed E-state index contributed by atoms with van der Waals surface area (Å²) in [5.41, 5.74) is 2.48. The van der Waals surface area contributed by atoms with Crippen LogP contribution in [0.1, 0.15) is 0 Å². The van der Waals surface area contributed by atoms with Crippen LogP contribution in [0, 0.1) is 10.1 Å². The molecule has 1 N–H and O–H groups in total. The number of rotatable bonds is 2. The molecule has 0 amide bonds. The first kappa shape index (κ1) is 9.47. The van der Waals surface area contributed by atoms with Gasteiger partial charge in [0, 0.05) is 4.47 Å². The standard InChI is InChI=1S/C6H4Br2N2O2/c7-4-2-1-3-5(6(4)8)9-10(11)12/h1-3,9H. The Balaban J connectivity index is 3.00. The fourth-order valence-electron chi connectivity index (χ4n) is 0.688. The molecule has 6 heteroatoms. The predicted molar refractivity (Wildman–Crippen MR) is 52.5 cm³/mol. The Morgan fingerprint density at radius 1 is 1.42 bits per heavy atom. The van der Waals surface area contributed by atoms with Gasteiger partial charge in [-0.2, -0.15) is 0 Å². The lowest BCUT2D eigenvalue weighted by molar-refractivity contribution is -0.445. The number of anilines is 1. The van der Waals surface area contributed by atoms with Crippen LogP contribution in [0.25, 0.3) is 0 Å². The monoisotopic (exact) mass is 294 g/mol. The van der Waals surface area contributed by atoms with Crippen molar-refractivity contribution < 1.29 is 5.03 Å². The summed E-state index contributed by atoms with van der Waals surface area (Å²) in [5.74, 6) is 0. The highest BCUT2D eigenvalue weighted by atomic mass is 79.9.